The fourth-order valence-electron chi connectivity index (χ4n) is 6.15. The van der Waals surface area contributed by atoms with E-state index in [-0.39, 0.29) is 4.90 Å². The third-order valence-corrected chi connectivity index (χ3v) is 15.3. The Kier molecular flexibility index (Phi) is 16.9. The van der Waals surface area contributed by atoms with Crippen LogP contribution >= 0.6 is 65.6 Å². The molecule has 4 heterocycles. The molecule has 2 fully saturated rings. The Morgan fingerprint density at radius 2 is 1.08 bits per heavy atom. The summed E-state index contributed by atoms with van der Waals surface area (Å²) >= 11 is 9.36. The normalized spacial score (nSPS) is 14.6. The molecule has 0 unspecified atom stereocenters. The fourth-order valence-corrected chi connectivity index (χ4v) is 10.3. The van der Waals surface area contributed by atoms with Crippen molar-refractivity contribution in [3.8, 4) is 11.5 Å². The molecule has 0 atom stereocenters. The zero-order valence-corrected chi connectivity index (χ0v) is 40.3. The number of piperazine rings is 2. The van der Waals surface area contributed by atoms with E-state index in [4.69, 9.17) is 20.2 Å². The zero-order chi connectivity index (χ0) is 43.4. The number of benzene rings is 4. The number of hydrogen-bond donors (Lipinski definition) is 1. The van der Waals surface area contributed by atoms with Crippen LogP contribution in [-0.4, -0.2) is 106 Å². The van der Waals surface area contributed by atoms with Gasteiger partial charge in [-0.05, 0) is 83.9 Å². The van der Waals surface area contributed by atoms with Crippen molar-refractivity contribution in [2.24, 2.45) is 0 Å². The zero-order valence-electron chi connectivity index (χ0n) is 33.2. The van der Waals surface area contributed by atoms with Gasteiger partial charge in [-0.3, -0.25) is 0 Å². The van der Waals surface area contributed by atoms with Crippen molar-refractivity contribution in [3.05, 3.63) is 129 Å². The van der Waals surface area contributed by atoms with Gasteiger partial charge in [-0.25, -0.2) is 26.8 Å². The highest BCUT2D eigenvalue weighted by Crippen LogP contribution is 2.26. The second kappa shape index (κ2) is 22.1. The molecule has 0 aliphatic carbocycles. The number of ether oxygens (including phenoxy) is 2. The molecule has 0 bridgehead atoms. The molecule has 2 saturated heterocycles. The van der Waals surface area contributed by atoms with Crippen molar-refractivity contribution in [1.82, 2.24) is 28.3 Å². The third-order valence-electron chi connectivity index (χ3n) is 9.35. The molecule has 6 aromatic rings. The van der Waals surface area contributed by atoms with Crippen LogP contribution in [0.3, 0.4) is 0 Å². The lowest BCUT2D eigenvalue weighted by Crippen LogP contribution is -2.48. The third kappa shape index (κ3) is 13.6. The summed E-state index contributed by atoms with van der Waals surface area (Å²) in [6.45, 7) is 6.07. The number of sulfonamides is 1. The molecule has 0 spiro atoms. The van der Waals surface area contributed by atoms with E-state index in [1.165, 1.54) is 45.1 Å². The largest absolute Gasteiger partial charge is 0.497 e. The van der Waals surface area contributed by atoms with E-state index in [9.17, 15) is 16.8 Å². The Balaban J connectivity index is 0.000000172. The topological polar surface area (TPSA) is 160 Å². The van der Waals surface area contributed by atoms with Gasteiger partial charge in [0.2, 0.25) is 20.3 Å². The van der Waals surface area contributed by atoms with Crippen LogP contribution in [0.2, 0.25) is 0 Å². The van der Waals surface area contributed by atoms with Crippen LogP contribution in [-0.2, 0) is 31.9 Å². The van der Waals surface area contributed by atoms with Gasteiger partial charge < -0.3 is 24.6 Å². The maximum Gasteiger partial charge on any atom is 0.261 e. The molecule has 4 aromatic carbocycles. The highest BCUT2D eigenvalue weighted by atomic mass is 79.9. The molecular formula is C40H43Br2ClN8O6S4. The van der Waals surface area contributed by atoms with E-state index >= 15 is 0 Å². The molecule has 8 rings (SSSR count). The number of nitrogens with zero attached hydrogens (tertiary/aromatic N) is 7. The Labute approximate surface area is 386 Å². The van der Waals surface area contributed by atoms with Crippen molar-refractivity contribution < 1.29 is 26.3 Å². The second-order valence-electron chi connectivity index (χ2n) is 13.5. The van der Waals surface area contributed by atoms with Gasteiger partial charge in [0.25, 0.3) is 9.05 Å². The minimum atomic E-state index is -3.57. The number of aromatic nitrogens is 4. The van der Waals surface area contributed by atoms with Gasteiger partial charge in [-0.2, -0.15) is 13.1 Å². The van der Waals surface area contributed by atoms with E-state index < -0.39 is 19.1 Å². The monoisotopic (exact) mass is 1050 g/mol. The minimum Gasteiger partial charge on any atom is -0.497 e. The molecule has 2 aromatic heterocycles. The number of methoxy groups -OCH3 is 2. The van der Waals surface area contributed by atoms with Crippen molar-refractivity contribution >= 4 is 94.9 Å². The summed E-state index contributed by atoms with van der Waals surface area (Å²) < 4.78 is 69.8. The summed E-state index contributed by atoms with van der Waals surface area (Å²) in [6, 6.07) is 28.8. The first-order valence-corrected chi connectivity index (χ1v) is 25.8. The first-order valence-electron chi connectivity index (χ1n) is 18.9. The first-order chi connectivity index (χ1) is 29.3. The number of hydrogen-bond acceptors (Lipinski definition) is 15. The molecule has 14 nitrogen and oxygen atoms in total. The number of halogens is 3. The Morgan fingerprint density at radius 3 is 1.52 bits per heavy atom. The van der Waals surface area contributed by atoms with Crippen LogP contribution in [0.25, 0.3) is 0 Å². The summed E-state index contributed by atoms with van der Waals surface area (Å²) in [5.41, 5.74) is 2.26. The second-order valence-corrected chi connectivity index (χ2v) is 21.3. The number of nitrogens with one attached hydrogen (secondary N) is 1. The van der Waals surface area contributed by atoms with E-state index in [2.05, 4.69) is 71.8 Å². The molecule has 1 N–H and O–H groups in total. The van der Waals surface area contributed by atoms with Gasteiger partial charge in [0.1, 0.15) is 23.1 Å². The lowest BCUT2D eigenvalue weighted by Gasteiger charge is -2.33. The quantitative estimate of drug-likeness (QED) is 0.129. The average molecular weight is 1060 g/mol. The van der Waals surface area contributed by atoms with Crippen LogP contribution in [0.5, 0.6) is 11.5 Å². The maximum absolute atomic E-state index is 12.9. The van der Waals surface area contributed by atoms with Crippen LogP contribution in [0.4, 0.5) is 10.3 Å². The molecular weight excluding hydrogens is 1010 g/mol. The van der Waals surface area contributed by atoms with E-state index in [0.29, 0.717) is 37.5 Å². The van der Waals surface area contributed by atoms with E-state index in [1.54, 1.807) is 50.6 Å². The van der Waals surface area contributed by atoms with Gasteiger partial charge in [-0.15, -0.1) is 0 Å². The predicted molar refractivity (Wildman–Crippen MR) is 249 cm³/mol. The van der Waals surface area contributed by atoms with Gasteiger partial charge in [0.15, 0.2) is 0 Å². The van der Waals surface area contributed by atoms with Gasteiger partial charge in [0, 0.05) is 108 Å². The van der Waals surface area contributed by atoms with E-state index in [1.807, 2.05) is 42.5 Å². The Bertz CT molecular complexity index is 2550. The Hall–Kier alpha value is -3.73. The number of rotatable bonds is 11. The molecule has 21 heteroatoms. The van der Waals surface area contributed by atoms with Crippen LogP contribution < -0.4 is 24.6 Å². The highest BCUT2D eigenvalue weighted by Gasteiger charge is 2.29. The maximum atomic E-state index is 12.9. The molecule has 2 aliphatic rings. The molecule has 324 valence electrons. The van der Waals surface area contributed by atoms with Gasteiger partial charge in [0.05, 0.1) is 24.0 Å². The molecule has 61 heavy (non-hydrogen) atoms. The first kappa shape index (κ1) is 46.8. The summed E-state index contributed by atoms with van der Waals surface area (Å²) in [6.07, 6.45) is 1.38. The van der Waals surface area contributed by atoms with Gasteiger partial charge >= 0.3 is 0 Å². The van der Waals surface area contributed by atoms with Crippen LogP contribution in [0.1, 0.15) is 22.8 Å². The minimum absolute atomic E-state index is 0.113. The predicted octanol–water partition coefficient (Wildman–Crippen LogP) is 7.33. The lowest BCUT2D eigenvalue weighted by molar-refractivity contribution is 0.384. The van der Waals surface area contributed by atoms with Crippen molar-refractivity contribution in [1.29, 1.82) is 0 Å². The summed E-state index contributed by atoms with van der Waals surface area (Å²) in [7, 11) is 1.35. The molecule has 0 saturated carbocycles. The van der Waals surface area contributed by atoms with Crippen LogP contribution in [0.15, 0.2) is 116 Å². The van der Waals surface area contributed by atoms with Crippen molar-refractivity contribution in [2.45, 2.75) is 22.6 Å². The molecule has 2 aliphatic heterocycles. The lowest BCUT2D eigenvalue weighted by atomic mass is 10.1. The highest BCUT2D eigenvalue weighted by molar-refractivity contribution is 9.10. The average Bonchev–Trinajstić information content (AvgIpc) is 3.95. The van der Waals surface area contributed by atoms with Crippen molar-refractivity contribution in [3.63, 3.8) is 0 Å². The summed E-state index contributed by atoms with van der Waals surface area (Å²) in [5, 5.41) is 5.20. The Morgan fingerprint density at radius 1 is 0.639 bits per heavy atom. The standard InChI is InChI=1S/C20H21BrN4O3S2.C14H18N4OS.C6H4BrClO2S/c1-28-17-4-2-3-15(13-17)14-19-22-20(29-23-19)24-9-11-25(12-10-24)30(26,27)18-7-5-16(21)6-8-18;1-19-12-4-2-3-11(9-12)10-13-16-14(20-17-13)18-7-5-15-6-8-18;7-5-1-3-6(4-2-5)11(8,9)10/h2-8,13H,9-12,14H2,1H3;2-4,9,15H,5-8,10H2,1H3;1-4H. The van der Waals surface area contributed by atoms with Gasteiger partial charge in [-0.1, -0.05) is 56.1 Å². The number of anilines is 2. The molecule has 0 radical (unpaired) electrons. The fraction of sp³-hybridized carbons (Fsp3) is 0.300. The SMILES string of the molecule is COc1cccc(Cc2nsc(N3CCN(S(=O)(=O)c4ccc(Br)cc4)CC3)n2)c1.COc1cccc(Cc2nsc(N3CCNCC3)n2)c1.O=S(=O)(Cl)c1ccc(Br)cc1. The summed E-state index contributed by atoms with van der Waals surface area (Å²) in [4.78, 5) is 14.1. The summed E-state index contributed by atoms with van der Waals surface area (Å²) in [5.74, 6) is 3.33. The van der Waals surface area contributed by atoms with E-state index in [0.717, 1.165) is 80.5 Å². The van der Waals surface area contributed by atoms with Crippen LogP contribution in [0, 0.1) is 0 Å². The molecule has 0 amide bonds. The smallest absolute Gasteiger partial charge is 0.261 e. The van der Waals surface area contributed by atoms with Crippen molar-refractivity contribution in [2.75, 3.05) is 76.4 Å².